The maximum Gasteiger partial charge on any atom is 0.214 e. The highest BCUT2D eigenvalue weighted by Crippen LogP contribution is 2.26. The highest BCUT2D eigenvalue weighted by atomic mass is 16.5. The van der Waals surface area contributed by atoms with Crippen LogP contribution in [0.3, 0.4) is 0 Å². The summed E-state index contributed by atoms with van der Waals surface area (Å²) in [7, 11) is 0. The average molecular weight is 230 g/mol. The first-order valence-electron chi connectivity index (χ1n) is 6.37. The van der Waals surface area contributed by atoms with Gasteiger partial charge in [-0.25, -0.2) is 4.98 Å². The molecular formula is C14H18N2O. The Labute approximate surface area is 102 Å². The van der Waals surface area contributed by atoms with Crippen molar-refractivity contribution in [2.75, 3.05) is 6.61 Å². The van der Waals surface area contributed by atoms with Gasteiger partial charge < -0.3 is 4.74 Å². The molecule has 0 amide bonds. The van der Waals surface area contributed by atoms with Crippen molar-refractivity contribution in [1.29, 1.82) is 5.26 Å². The van der Waals surface area contributed by atoms with Crippen molar-refractivity contribution < 1.29 is 4.74 Å². The van der Waals surface area contributed by atoms with Gasteiger partial charge in [-0.15, -0.1) is 0 Å². The first-order chi connectivity index (χ1) is 8.38. The molecule has 0 atom stereocenters. The average Bonchev–Trinajstić information content (AvgIpc) is 2.40. The lowest BCUT2D eigenvalue weighted by Gasteiger charge is -2.21. The number of hydrogen-bond acceptors (Lipinski definition) is 3. The molecule has 90 valence electrons. The summed E-state index contributed by atoms with van der Waals surface area (Å²) in [5.74, 6) is 1.39. The molecule has 1 aromatic rings. The lowest BCUT2D eigenvalue weighted by Crippen LogP contribution is -2.11. The fourth-order valence-electron chi connectivity index (χ4n) is 2.36. The molecule has 1 aliphatic carbocycles. The van der Waals surface area contributed by atoms with Gasteiger partial charge in [-0.1, -0.05) is 32.1 Å². The molecule has 0 bridgehead atoms. The van der Waals surface area contributed by atoms with Gasteiger partial charge in [-0.2, -0.15) is 5.26 Å². The third-order valence-electron chi connectivity index (χ3n) is 3.36. The van der Waals surface area contributed by atoms with E-state index in [1.807, 2.05) is 0 Å². The van der Waals surface area contributed by atoms with Gasteiger partial charge in [0.25, 0.3) is 0 Å². The van der Waals surface area contributed by atoms with Crippen LogP contribution in [0, 0.1) is 17.2 Å². The number of ether oxygens (including phenoxy) is 1. The van der Waals surface area contributed by atoms with Crippen LogP contribution in [0.4, 0.5) is 0 Å². The predicted molar refractivity (Wildman–Crippen MR) is 65.6 cm³/mol. The van der Waals surface area contributed by atoms with E-state index in [1.54, 1.807) is 18.3 Å². The minimum Gasteiger partial charge on any atom is -0.478 e. The number of pyridine rings is 1. The Hall–Kier alpha value is -1.56. The van der Waals surface area contributed by atoms with Crippen molar-refractivity contribution >= 4 is 0 Å². The first kappa shape index (κ1) is 11.9. The molecule has 1 aliphatic rings. The summed E-state index contributed by atoms with van der Waals surface area (Å²) in [5.41, 5.74) is 0.604. The van der Waals surface area contributed by atoms with Gasteiger partial charge in [0.1, 0.15) is 0 Å². The van der Waals surface area contributed by atoms with E-state index in [9.17, 15) is 0 Å². The van der Waals surface area contributed by atoms with E-state index in [2.05, 4.69) is 11.1 Å². The molecule has 0 unspecified atom stereocenters. The first-order valence-corrected chi connectivity index (χ1v) is 6.37. The molecule has 3 nitrogen and oxygen atoms in total. The predicted octanol–water partition coefficient (Wildman–Crippen LogP) is 3.30. The zero-order chi connectivity index (χ0) is 11.9. The molecule has 17 heavy (non-hydrogen) atoms. The quantitative estimate of drug-likeness (QED) is 0.797. The maximum atomic E-state index is 8.76. The van der Waals surface area contributed by atoms with Crippen LogP contribution >= 0.6 is 0 Å². The second-order valence-corrected chi connectivity index (χ2v) is 4.64. The van der Waals surface area contributed by atoms with Gasteiger partial charge in [0.05, 0.1) is 18.2 Å². The van der Waals surface area contributed by atoms with Crippen LogP contribution < -0.4 is 4.74 Å². The highest BCUT2D eigenvalue weighted by molar-refractivity contribution is 5.31. The van der Waals surface area contributed by atoms with Gasteiger partial charge in [0.2, 0.25) is 5.88 Å². The Morgan fingerprint density at radius 2 is 2.18 bits per heavy atom. The Morgan fingerprint density at radius 1 is 1.35 bits per heavy atom. The third kappa shape index (κ3) is 3.74. The summed E-state index contributed by atoms with van der Waals surface area (Å²) in [6.07, 6.45) is 9.54. The second kappa shape index (κ2) is 6.24. The summed E-state index contributed by atoms with van der Waals surface area (Å²) in [5, 5.41) is 8.76. The van der Waals surface area contributed by atoms with E-state index < -0.39 is 0 Å². The van der Waals surface area contributed by atoms with Crippen LogP contribution in [0.2, 0.25) is 0 Å². The van der Waals surface area contributed by atoms with Crippen LogP contribution in [-0.2, 0) is 0 Å². The summed E-state index contributed by atoms with van der Waals surface area (Å²) < 4.78 is 5.59. The van der Waals surface area contributed by atoms with E-state index in [-0.39, 0.29) is 0 Å². The number of rotatable bonds is 4. The molecule has 1 saturated carbocycles. The zero-order valence-electron chi connectivity index (χ0n) is 10.1. The van der Waals surface area contributed by atoms with E-state index in [0.29, 0.717) is 18.1 Å². The number of hydrogen-bond donors (Lipinski definition) is 0. The molecule has 3 heteroatoms. The van der Waals surface area contributed by atoms with Crippen molar-refractivity contribution in [3.63, 3.8) is 0 Å². The summed E-state index contributed by atoms with van der Waals surface area (Å²) in [6, 6.07) is 5.47. The van der Waals surface area contributed by atoms with Gasteiger partial charge in [-0.05, 0) is 18.4 Å². The molecular weight excluding hydrogens is 212 g/mol. The van der Waals surface area contributed by atoms with Gasteiger partial charge in [-0.3, -0.25) is 0 Å². The Balaban J connectivity index is 1.75. The van der Waals surface area contributed by atoms with Crippen molar-refractivity contribution in [2.45, 2.75) is 38.5 Å². The van der Waals surface area contributed by atoms with Crippen LogP contribution in [-0.4, -0.2) is 11.6 Å². The van der Waals surface area contributed by atoms with Crippen LogP contribution in [0.1, 0.15) is 44.1 Å². The number of aromatic nitrogens is 1. The zero-order valence-corrected chi connectivity index (χ0v) is 10.1. The molecule has 1 heterocycles. The van der Waals surface area contributed by atoms with Gasteiger partial charge >= 0.3 is 0 Å². The fourth-order valence-corrected chi connectivity index (χ4v) is 2.36. The van der Waals surface area contributed by atoms with Crippen LogP contribution in [0.5, 0.6) is 5.88 Å². The largest absolute Gasteiger partial charge is 0.478 e. The summed E-state index contributed by atoms with van der Waals surface area (Å²) in [4.78, 5) is 4.10. The minimum absolute atomic E-state index is 0.569. The topological polar surface area (TPSA) is 45.9 Å². The second-order valence-electron chi connectivity index (χ2n) is 4.64. The molecule has 0 spiro atoms. The van der Waals surface area contributed by atoms with E-state index in [0.717, 1.165) is 12.3 Å². The SMILES string of the molecule is N#Cc1ccnc(OCCC2CCCCC2)c1. The fraction of sp³-hybridized carbons (Fsp3) is 0.571. The lowest BCUT2D eigenvalue weighted by molar-refractivity contribution is 0.240. The third-order valence-corrected chi connectivity index (χ3v) is 3.36. The number of nitriles is 1. The van der Waals surface area contributed by atoms with Crippen molar-refractivity contribution in [3.8, 4) is 11.9 Å². The summed E-state index contributed by atoms with van der Waals surface area (Å²) in [6.45, 7) is 0.715. The van der Waals surface area contributed by atoms with E-state index in [4.69, 9.17) is 10.00 Å². The molecule has 0 aromatic carbocycles. The van der Waals surface area contributed by atoms with E-state index >= 15 is 0 Å². The van der Waals surface area contributed by atoms with Crippen LogP contribution in [0.25, 0.3) is 0 Å². The van der Waals surface area contributed by atoms with Crippen LogP contribution in [0.15, 0.2) is 18.3 Å². The maximum absolute atomic E-state index is 8.76. The summed E-state index contributed by atoms with van der Waals surface area (Å²) >= 11 is 0. The minimum atomic E-state index is 0.569. The molecule has 0 saturated heterocycles. The Bertz CT molecular complexity index is 391. The molecule has 2 rings (SSSR count). The standard InChI is InChI=1S/C14H18N2O/c15-11-13-6-8-16-14(10-13)17-9-7-12-4-2-1-3-5-12/h6,8,10,12H,1-5,7,9H2. The van der Waals surface area contributed by atoms with E-state index in [1.165, 1.54) is 32.1 Å². The molecule has 1 fully saturated rings. The number of nitrogens with zero attached hydrogens (tertiary/aromatic N) is 2. The molecule has 1 aromatic heterocycles. The van der Waals surface area contributed by atoms with Gasteiger partial charge in [0, 0.05) is 12.3 Å². The normalized spacial score (nSPS) is 16.4. The monoisotopic (exact) mass is 230 g/mol. The van der Waals surface area contributed by atoms with Gasteiger partial charge in [0.15, 0.2) is 0 Å². The smallest absolute Gasteiger partial charge is 0.214 e. The van der Waals surface area contributed by atoms with Crippen molar-refractivity contribution in [1.82, 2.24) is 4.98 Å². The Kier molecular flexibility index (Phi) is 4.37. The highest BCUT2D eigenvalue weighted by Gasteiger charge is 2.13. The molecule has 0 aliphatic heterocycles. The Morgan fingerprint density at radius 3 is 2.94 bits per heavy atom. The molecule has 0 N–H and O–H groups in total. The van der Waals surface area contributed by atoms with Crippen molar-refractivity contribution in [3.05, 3.63) is 23.9 Å². The molecule has 0 radical (unpaired) electrons. The van der Waals surface area contributed by atoms with Crippen molar-refractivity contribution in [2.24, 2.45) is 5.92 Å². The lowest BCUT2D eigenvalue weighted by atomic mass is 9.87.